The van der Waals surface area contributed by atoms with E-state index in [1.807, 2.05) is 13.0 Å². The van der Waals surface area contributed by atoms with Gasteiger partial charge in [0.15, 0.2) is 0 Å². The van der Waals surface area contributed by atoms with Crippen molar-refractivity contribution in [3.63, 3.8) is 0 Å². The van der Waals surface area contributed by atoms with Crippen LogP contribution in [0.2, 0.25) is 0 Å². The first kappa shape index (κ1) is 9.66. The lowest BCUT2D eigenvalue weighted by atomic mass is 9.98. The van der Waals surface area contributed by atoms with E-state index in [4.69, 9.17) is 0 Å². The first-order valence-electron chi connectivity index (χ1n) is 5.18. The monoisotopic (exact) mass is 193 g/mol. The lowest BCUT2D eigenvalue weighted by Gasteiger charge is -2.14. The normalized spacial score (nSPS) is 21.5. The summed E-state index contributed by atoms with van der Waals surface area (Å²) < 4.78 is 13.4. The molecule has 1 saturated heterocycles. The zero-order valence-electron chi connectivity index (χ0n) is 8.73. The highest BCUT2D eigenvalue weighted by molar-refractivity contribution is 5.34. The first-order chi connectivity index (χ1) is 6.68. The first-order valence-corrected chi connectivity index (χ1v) is 5.18. The van der Waals surface area contributed by atoms with E-state index in [0.717, 1.165) is 24.1 Å². The topological polar surface area (TPSA) is 12.0 Å². The SMILES string of the molecule is Cc1cc(C)c(C2CCCN2)cc1F. The molecule has 1 aliphatic heterocycles. The average molecular weight is 193 g/mol. The number of rotatable bonds is 1. The predicted octanol–water partition coefficient (Wildman–Crippen LogP) is 2.87. The number of hydrogen-bond acceptors (Lipinski definition) is 1. The van der Waals surface area contributed by atoms with Crippen LogP contribution in [0.15, 0.2) is 12.1 Å². The maximum atomic E-state index is 13.4. The van der Waals surface area contributed by atoms with Crippen molar-refractivity contribution in [2.45, 2.75) is 32.7 Å². The summed E-state index contributed by atoms with van der Waals surface area (Å²) in [6.45, 7) is 4.93. The summed E-state index contributed by atoms with van der Waals surface area (Å²) in [6, 6.07) is 3.99. The standard InChI is InChI=1S/C12H16FN/c1-8-6-9(2)11(13)7-10(8)12-4-3-5-14-12/h6-7,12,14H,3-5H2,1-2H3. The molecule has 1 atom stereocenters. The molecule has 0 bridgehead atoms. The molecule has 0 aliphatic carbocycles. The predicted molar refractivity (Wildman–Crippen MR) is 55.9 cm³/mol. The van der Waals surface area contributed by atoms with Gasteiger partial charge in [-0.05, 0) is 56.0 Å². The average Bonchev–Trinajstić information content (AvgIpc) is 2.64. The molecule has 0 spiro atoms. The van der Waals surface area contributed by atoms with Crippen LogP contribution in [0, 0.1) is 19.7 Å². The van der Waals surface area contributed by atoms with Gasteiger partial charge in [0.1, 0.15) is 5.82 Å². The van der Waals surface area contributed by atoms with Crippen molar-refractivity contribution in [1.82, 2.24) is 5.32 Å². The van der Waals surface area contributed by atoms with Crippen molar-refractivity contribution in [1.29, 1.82) is 0 Å². The van der Waals surface area contributed by atoms with Crippen molar-refractivity contribution < 1.29 is 4.39 Å². The Balaban J connectivity index is 2.37. The van der Waals surface area contributed by atoms with Crippen LogP contribution in [-0.4, -0.2) is 6.54 Å². The maximum Gasteiger partial charge on any atom is 0.126 e. The molecule has 0 radical (unpaired) electrons. The van der Waals surface area contributed by atoms with E-state index in [2.05, 4.69) is 12.2 Å². The summed E-state index contributed by atoms with van der Waals surface area (Å²) in [5.74, 6) is -0.0840. The third kappa shape index (κ3) is 1.67. The molecule has 1 fully saturated rings. The van der Waals surface area contributed by atoms with E-state index in [9.17, 15) is 4.39 Å². The van der Waals surface area contributed by atoms with Crippen LogP contribution in [0.4, 0.5) is 4.39 Å². The molecule has 14 heavy (non-hydrogen) atoms. The number of halogens is 1. The number of benzene rings is 1. The van der Waals surface area contributed by atoms with Gasteiger partial charge in [-0.15, -0.1) is 0 Å². The summed E-state index contributed by atoms with van der Waals surface area (Å²) in [5, 5.41) is 3.39. The molecule has 1 N–H and O–H groups in total. The van der Waals surface area contributed by atoms with Gasteiger partial charge in [-0.2, -0.15) is 0 Å². The molecule has 1 nitrogen and oxygen atoms in total. The van der Waals surface area contributed by atoms with Crippen LogP contribution < -0.4 is 5.32 Å². The summed E-state index contributed by atoms with van der Waals surface area (Å²) >= 11 is 0. The molecule has 1 unspecified atom stereocenters. The summed E-state index contributed by atoms with van der Waals surface area (Å²) in [6.07, 6.45) is 2.32. The molecule has 0 aromatic heterocycles. The summed E-state index contributed by atoms with van der Waals surface area (Å²) in [5.41, 5.74) is 3.07. The smallest absolute Gasteiger partial charge is 0.126 e. The Hall–Kier alpha value is -0.890. The van der Waals surface area contributed by atoms with Gasteiger partial charge in [-0.25, -0.2) is 4.39 Å². The van der Waals surface area contributed by atoms with E-state index in [1.165, 1.54) is 12.0 Å². The van der Waals surface area contributed by atoms with Crippen LogP contribution in [0.3, 0.4) is 0 Å². The van der Waals surface area contributed by atoms with E-state index in [0.29, 0.717) is 6.04 Å². The minimum Gasteiger partial charge on any atom is -0.310 e. The third-order valence-electron chi connectivity index (χ3n) is 2.98. The van der Waals surface area contributed by atoms with Gasteiger partial charge in [0.25, 0.3) is 0 Å². The van der Waals surface area contributed by atoms with Crippen molar-refractivity contribution >= 4 is 0 Å². The summed E-state index contributed by atoms with van der Waals surface area (Å²) in [7, 11) is 0. The molecule has 2 heteroatoms. The zero-order valence-corrected chi connectivity index (χ0v) is 8.73. The Labute approximate surface area is 84.3 Å². The Morgan fingerprint density at radius 3 is 2.71 bits per heavy atom. The van der Waals surface area contributed by atoms with Crippen LogP contribution in [0.25, 0.3) is 0 Å². The van der Waals surface area contributed by atoms with Gasteiger partial charge in [0.2, 0.25) is 0 Å². The van der Waals surface area contributed by atoms with Crippen molar-refractivity contribution in [3.8, 4) is 0 Å². The Morgan fingerprint density at radius 2 is 2.07 bits per heavy atom. The van der Waals surface area contributed by atoms with Gasteiger partial charge >= 0.3 is 0 Å². The van der Waals surface area contributed by atoms with Crippen LogP contribution in [-0.2, 0) is 0 Å². The fourth-order valence-corrected chi connectivity index (χ4v) is 2.17. The molecule has 0 saturated carbocycles. The molecular formula is C12H16FN. The largest absolute Gasteiger partial charge is 0.310 e. The molecule has 1 aromatic carbocycles. The van der Waals surface area contributed by atoms with E-state index in [-0.39, 0.29) is 5.82 Å². The second-order valence-corrected chi connectivity index (χ2v) is 4.11. The second-order valence-electron chi connectivity index (χ2n) is 4.11. The molecule has 1 aromatic rings. The molecule has 0 amide bonds. The van der Waals surface area contributed by atoms with Crippen LogP contribution >= 0.6 is 0 Å². The fraction of sp³-hybridized carbons (Fsp3) is 0.500. The third-order valence-corrected chi connectivity index (χ3v) is 2.98. The number of hydrogen-bond donors (Lipinski definition) is 1. The Morgan fingerprint density at radius 1 is 1.29 bits per heavy atom. The van der Waals surface area contributed by atoms with Gasteiger partial charge in [-0.1, -0.05) is 6.07 Å². The quantitative estimate of drug-likeness (QED) is 0.723. The van der Waals surface area contributed by atoms with Gasteiger partial charge < -0.3 is 5.32 Å². The molecular weight excluding hydrogens is 177 g/mol. The second kappa shape index (κ2) is 3.70. The maximum absolute atomic E-state index is 13.4. The lowest BCUT2D eigenvalue weighted by Crippen LogP contribution is -2.14. The molecule has 1 aliphatic rings. The van der Waals surface area contributed by atoms with E-state index < -0.39 is 0 Å². The summed E-state index contributed by atoms with van der Waals surface area (Å²) in [4.78, 5) is 0. The minimum absolute atomic E-state index is 0.0840. The van der Waals surface area contributed by atoms with Crippen LogP contribution in [0.5, 0.6) is 0 Å². The highest BCUT2D eigenvalue weighted by Gasteiger charge is 2.18. The molecule has 2 rings (SSSR count). The van der Waals surface area contributed by atoms with Crippen molar-refractivity contribution in [2.75, 3.05) is 6.54 Å². The van der Waals surface area contributed by atoms with Crippen LogP contribution in [0.1, 0.15) is 35.6 Å². The zero-order chi connectivity index (χ0) is 10.1. The van der Waals surface area contributed by atoms with Gasteiger partial charge in [0, 0.05) is 6.04 Å². The number of aryl methyl sites for hydroxylation is 2. The van der Waals surface area contributed by atoms with E-state index >= 15 is 0 Å². The highest BCUT2D eigenvalue weighted by Crippen LogP contribution is 2.27. The number of nitrogens with one attached hydrogen (secondary N) is 1. The van der Waals surface area contributed by atoms with Gasteiger partial charge in [-0.3, -0.25) is 0 Å². The molecule has 76 valence electrons. The Bertz CT molecular complexity index is 340. The Kier molecular flexibility index (Phi) is 2.55. The lowest BCUT2D eigenvalue weighted by molar-refractivity contribution is 0.597. The van der Waals surface area contributed by atoms with Crippen molar-refractivity contribution in [3.05, 3.63) is 34.6 Å². The molecule has 1 heterocycles. The van der Waals surface area contributed by atoms with E-state index in [1.54, 1.807) is 6.07 Å². The van der Waals surface area contributed by atoms with Gasteiger partial charge in [0.05, 0.1) is 0 Å². The fourth-order valence-electron chi connectivity index (χ4n) is 2.17. The van der Waals surface area contributed by atoms with Crippen molar-refractivity contribution in [2.24, 2.45) is 0 Å². The highest BCUT2D eigenvalue weighted by atomic mass is 19.1. The minimum atomic E-state index is -0.0840.